The molecule has 0 aliphatic rings. The molecule has 0 amide bonds. The number of rotatable bonds is 4. The molecule has 2 aromatic rings. The van der Waals surface area contributed by atoms with Gasteiger partial charge < -0.3 is 11.5 Å². The number of nitrogens with zero attached hydrogens (tertiary/aromatic N) is 1. The molecule has 18 heavy (non-hydrogen) atoms. The first-order valence-electron chi connectivity index (χ1n) is 5.75. The lowest BCUT2D eigenvalue weighted by Gasteiger charge is -2.04. The first-order valence-corrected chi connectivity index (χ1v) is 5.75. The van der Waals surface area contributed by atoms with Crippen molar-refractivity contribution in [1.29, 1.82) is 0 Å². The molecule has 4 nitrogen and oxygen atoms in total. The summed E-state index contributed by atoms with van der Waals surface area (Å²) >= 11 is 0. The molecule has 0 radical (unpaired) electrons. The summed E-state index contributed by atoms with van der Waals surface area (Å²) < 4.78 is 0. The standard InChI is InChI=1S/C14H15N3O/c15-11-6-3-10(4-7-11)5-8-13(18)12-2-1-9-17-14(12)16/h1-4,6-7,9H,5,8,15H2,(H2,16,17). The van der Waals surface area contributed by atoms with Crippen LogP contribution in [0.15, 0.2) is 42.6 Å². The van der Waals surface area contributed by atoms with Crippen molar-refractivity contribution in [3.05, 3.63) is 53.7 Å². The maximum atomic E-state index is 12.0. The number of nitrogens with two attached hydrogens (primary N) is 2. The third kappa shape index (κ3) is 2.85. The normalized spacial score (nSPS) is 10.2. The molecule has 0 bridgehead atoms. The van der Waals surface area contributed by atoms with Gasteiger partial charge in [-0.2, -0.15) is 0 Å². The molecule has 0 unspecified atom stereocenters. The van der Waals surface area contributed by atoms with Crippen LogP contribution in [0.2, 0.25) is 0 Å². The van der Waals surface area contributed by atoms with Crippen LogP contribution in [0.3, 0.4) is 0 Å². The highest BCUT2D eigenvalue weighted by Gasteiger charge is 2.09. The van der Waals surface area contributed by atoms with Crippen molar-refractivity contribution in [2.45, 2.75) is 12.8 Å². The Bertz CT molecular complexity index is 549. The van der Waals surface area contributed by atoms with Crippen molar-refractivity contribution in [1.82, 2.24) is 4.98 Å². The highest BCUT2D eigenvalue weighted by atomic mass is 16.1. The molecule has 0 aliphatic heterocycles. The number of Topliss-reactive ketones (excluding diaryl/α,β-unsaturated/α-hetero) is 1. The Labute approximate surface area is 106 Å². The van der Waals surface area contributed by atoms with E-state index < -0.39 is 0 Å². The van der Waals surface area contributed by atoms with Crippen molar-refractivity contribution >= 4 is 17.3 Å². The topological polar surface area (TPSA) is 82.0 Å². The zero-order valence-electron chi connectivity index (χ0n) is 9.97. The van der Waals surface area contributed by atoms with Crippen LogP contribution in [-0.4, -0.2) is 10.8 Å². The van der Waals surface area contributed by atoms with Crippen LogP contribution in [0, 0.1) is 0 Å². The lowest BCUT2D eigenvalue weighted by Crippen LogP contribution is -2.06. The summed E-state index contributed by atoms with van der Waals surface area (Å²) in [6.45, 7) is 0. The number of pyridine rings is 1. The van der Waals surface area contributed by atoms with Gasteiger partial charge in [-0.15, -0.1) is 0 Å². The second kappa shape index (κ2) is 5.31. The smallest absolute Gasteiger partial charge is 0.166 e. The predicted octanol–water partition coefficient (Wildman–Crippen LogP) is 2.06. The fraction of sp³-hybridized carbons (Fsp3) is 0.143. The Morgan fingerprint density at radius 2 is 1.83 bits per heavy atom. The first-order chi connectivity index (χ1) is 8.66. The van der Waals surface area contributed by atoms with Gasteiger partial charge in [-0.1, -0.05) is 12.1 Å². The Hall–Kier alpha value is -2.36. The molecule has 1 aromatic carbocycles. The molecule has 0 fully saturated rings. The highest BCUT2D eigenvalue weighted by molar-refractivity contribution is 5.99. The lowest BCUT2D eigenvalue weighted by molar-refractivity contribution is 0.0983. The summed E-state index contributed by atoms with van der Waals surface area (Å²) in [7, 11) is 0. The average molecular weight is 241 g/mol. The molecule has 0 atom stereocenters. The second-order valence-corrected chi connectivity index (χ2v) is 4.10. The van der Waals surface area contributed by atoms with Gasteiger partial charge in [0.2, 0.25) is 0 Å². The SMILES string of the molecule is Nc1ccc(CCC(=O)c2cccnc2N)cc1. The van der Waals surface area contributed by atoms with Gasteiger partial charge in [0.15, 0.2) is 5.78 Å². The van der Waals surface area contributed by atoms with E-state index in [9.17, 15) is 4.79 Å². The number of ketones is 1. The number of hydrogen-bond acceptors (Lipinski definition) is 4. The summed E-state index contributed by atoms with van der Waals surface area (Å²) in [4.78, 5) is 15.9. The van der Waals surface area contributed by atoms with Gasteiger partial charge in [0, 0.05) is 18.3 Å². The summed E-state index contributed by atoms with van der Waals surface area (Å²) in [6, 6.07) is 10.9. The molecule has 0 aliphatic carbocycles. The van der Waals surface area contributed by atoms with Crippen molar-refractivity contribution in [2.75, 3.05) is 11.5 Å². The quantitative estimate of drug-likeness (QED) is 0.634. The van der Waals surface area contributed by atoms with Gasteiger partial charge in [0.1, 0.15) is 5.82 Å². The number of benzene rings is 1. The maximum absolute atomic E-state index is 12.0. The van der Waals surface area contributed by atoms with Crippen LogP contribution < -0.4 is 11.5 Å². The van der Waals surface area contributed by atoms with Crippen LogP contribution >= 0.6 is 0 Å². The minimum atomic E-state index is 0.0115. The van der Waals surface area contributed by atoms with E-state index in [0.29, 0.717) is 24.2 Å². The van der Waals surface area contributed by atoms with Crippen molar-refractivity contribution in [3.8, 4) is 0 Å². The minimum Gasteiger partial charge on any atom is -0.399 e. The van der Waals surface area contributed by atoms with E-state index in [1.165, 1.54) is 0 Å². The molecule has 1 aromatic heterocycles. The fourth-order valence-corrected chi connectivity index (χ4v) is 1.73. The third-order valence-electron chi connectivity index (χ3n) is 2.76. The van der Waals surface area contributed by atoms with E-state index in [2.05, 4.69) is 4.98 Å². The number of aromatic nitrogens is 1. The third-order valence-corrected chi connectivity index (χ3v) is 2.76. The lowest BCUT2D eigenvalue weighted by atomic mass is 10.0. The van der Waals surface area contributed by atoms with E-state index >= 15 is 0 Å². The van der Waals surface area contributed by atoms with Crippen LogP contribution in [0.25, 0.3) is 0 Å². The Morgan fingerprint density at radius 1 is 1.11 bits per heavy atom. The first kappa shape index (κ1) is 12.1. The number of carbonyl (C=O) groups is 1. The summed E-state index contributed by atoms with van der Waals surface area (Å²) in [6.07, 6.45) is 2.67. The Kier molecular flexibility index (Phi) is 3.57. The van der Waals surface area contributed by atoms with Crippen LogP contribution in [-0.2, 0) is 6.42 Å². The Balaban J connectivity index is 2.01. The highest BCUT2D eigenvalue weighted by Crippen LogP contribution is 2.13. The number of nitrogen functional groups attached to an aromatic ring is 2. The van der Waals surface area contributed by atoms with Crippen LogP contribution in [0.4, 0.5) is 11.5 Å². The van der Waals surface area contributed by atoms with Gasteiger partial charge in [-0.3, -0.25) is 4.79 Å². The van der Waals surface area contributed by atoms with Crippen molar-refractivity contribution in [2.24, 2.45) is 0 Å². The molecule has 4 heteroatoms. The molecule has 2 rings (SSSR count). The zero-order chi connectivity index (χ0) is 13.0. The minimum absolute atomic E-state index is 0.0115. The number of anilines is 2. The molecule has 4 N–H and O–H groups in total. The predicted molar refractivity (Wildman–Crippen MR) is 72.2 cm³/mol. The number of carbonyl (C=O) groups excluding carboxylic acids is 1. The maximum Gasteiger partial charge on any atom is 0.166 e. The second-order valence-electron chi connectivity index (χ2n) is 4.10. The fourth-order valence-electron chi connectivity index (χ4n) is 1.73. The summed E-state index contributed by atoms with van der Waals surface area (Å²) in [5.41, 5.74) is 13.6. The number of hydrogen-bond donors (Lipinski definition) is 2. The van der Waals surface area contributed by atoms with E-state index in [4.69, 9.17) is 11.5 Å². The van der Waals surface area contributed by atoms with Gasteiger partial charge in [0.05, 0.1) is 5.56 Å². The molecule has 0 saturated heterocycles. The molecule has 1 heterocycles. The summed E-state index contributed by atoms with van der Waals surface area (Å²) in [5.74, 6) is 0.303. The van der Waals surface area contributed by atoms with Crippen LogP contribution in [0.1, 0.15) is 22.3 Å². The van der Waals surface area contributed by atoms with Crippen molar-refractivity contribution in [3.63, 3.8) is 0 Å². The summed E-state index contributed by atoms with van der Waals surface area (Å²) in [5, 5.41) is 0. The zero-order valence-corrected chi connectivity index (χ0v) is 9.97. The molecule has 0 spiro atoms. The van der Waals surface area contributed by atoms with E-state index in [1.54, 1.807) is 18.3 Å². The van der Waals surface area contributed by atoms with Crippen LogP contribution in [0.5, 0.6) is 0 Å². The molecule has 92 valence electrons. The Morgan fingerprint density at radius 3 is 2.50 bits per heavy atom. The van der Waals surface area contributed by atoms with E-state index in [0.717, 1.165) is 11.3 Å². The molecular weight excluding hydrogens is 226 g/mol. The molecule has 0 saturated carbocycles. The van der Waals surface area contributed by atoms with E-state index in [1.807, 2.05) is 24.3 Å². The van der Waals surface area contributed by atoms with Crippen molar-refractivity contribution < 1.29 is 4.79 Å². The molecular formula is C14H15N3O. The van der Waals surface area contributed by atoms with Gasteiger partial charge in [0.25, 0.3) is 0 Å². The van der Waals surface area contributed by atoms with Gasteiger partial charge in [-0.05, 0) is 36.2 Å². The number of aryl methyl sites for hydroxylation is 1. The largest absolute Gasteiger partial charge is 0.399 e. The van der Waals surface area contributed by atoms with Gasteiger partial charge in [-0.25, -0.2) is 4.98 Å². The van der Waals surface area contributed by atoms with Gasteiger partial charge >= 0.3 is 0 Å². The van der Waals surface area contributed by atoms with E-state index in [-0.39, 0.29) is 5.78 Å². The average Bonchev–Trinajstić information content (AvgIpc) is 2.38. The monoisotopic (exact) mass is 241 g/mol.